The molecule has 0 aromatic heterocycles. The molecule has 0 radical (unpaired) electrons. The SMILES string of the molecule is COC(=O)N[C@H](C(=O)NCC1(NC(=O)C(C)C)CC1)C(C)C. The Hall–Kier alpha value is -1.79. The van der Waals surface area contributed by atoms with E-state index in [-0.39, 0.29) is 29.2 Å². The molecule has 0 bridgehead atoms. The number of carbonyl (C=O) groups excluding carboxylic acids is 3. The second-order valence-electron chi connectivity index (χ2n) is 6.50. The number of ether oxygens (including phenoxy) is 1. The van der Waals surface area contributed by atoms with Gasteiger partial charge in [0.15, 0.2) is 0 Å². The summed E-state index contributed by atoms with van der Waals surface area (Å²) >= 11 is 0. The Morgan fingerprint density at radius 1 is 1.09 bits per heavy atom. The summed E-state index contributed by atoms with van der Waals surface area (Å²) in [4.78, 5) is 35.3. The third-order valence-electron chi connectivity index (χ3n) is 3.78. The van der Waals surface area contributed by atoms with Crippen LogP contribution in [0.25, 0.3) is 0 Å². The van der Waals surface area contributed by atoms with Crippen LogP contribution in [0.2, 0.25) is 0 Å². The van der Waals surface area contributed by atoms with Crippen LogP contribution in [0.5, 0.6) is 0 Å². The van der Waals surface area contributed by atoms with Crippen molar-refractivity contribution in [1.29, 1.82) is 0 Å². The molecule has 1 saturated carbocycles. The van der Waals surface area contributed by atoms with Crippen molar-refractivity contribution < 1.29 is 19.1 Å². The summed E-state index contributed by atoms with van der Waals surface area (Å²) in [6, 6.07) is -0.663. The summed E-state index contributed by atoms with van der Waals surface area (Å²) in [5, 5.41) is 8.31. The zero-order valence-electron chi connectivity index (χ0n) is 14.0. The number of amides is 3. The fraction of sp³-hybridized carbons (Fsp3) is 0.800. The second kappa shape index (κ2) is 7.47. The first kappa shape index (κ1) is 18.3. The van der Waals surface area contributed by atoms with E-state index in [0.717, 1.165) is 12.8 Å². The van der Waals surface area contributed by atoms with Crippen LogP contribution in [-0.2, 0) is 14.3 Å². The minimum Gasteiger partial charge on any atom is -0.453 e. The van der Waals surface area contributed by atoms with Crippen LogP contribution < -0.4 is 16.0 Å². The maximum atomic E-state index is 12.2. The lowest BCUT2D eigenvalue weighted by Gasteiger charge is -2.24. The molecule has 1 atom stereocenters. The number of rotatable bonds is 7. The third-order valence-corrected chi connectivity index (χ3v) is 3.78. The normalized spacial score (nSPS) is 16.9. The maximum absolute atomic E-state index is 12.2. The van der Waals surface area contributed by atoms with Gasteiger partial charge < -0.3 is 20.7 Å². The summed E-state index contributed by atoms with van der Waals surface area (Å²) in [7, 11) is 1.26. The lowest BCUT2D eigenvalue weighted by Crippen LogP contribution is -2.53. The number of methoxy groups -OCH3 is 1. The number of hydrogen-bond acceptors (Lipinski definition) is 4. The molecule has 0 aromatic rings. The van der Waals surface area contributed by atoms with Crippen molar-refractivity contribution in [2.75, 3.05) is 13.7 Å². The molecule has 0 heterocycles. The van der Waals surface area contributed by atoms with Gasteiger partial charge >= 0.3 is 6.09 Å². The third kappa shape index (κ3) is 5.20. The molecule has 1 fully saturated rings. The molecule has 0 aromatic carbocycles. The molecule has 0 spiro atoms. The van der Waals surface area contributed by atoms with Crippen molar-refractivity contribution in [2.45, 2.75) is 52.1 Å². The Labute approximate surface area is 131 Å². The molecule has 0 aliphatic heterocycles. The van der Waals surface area contributed by atoms with Crippen molar-refractivity contribution in [3.63, 3.8) is 0 Å². The molecule has 126 valence electrons. The topological polar surface area (TPSA) is 96.5 Å². The standard InChI is InChI=1S/C15H27N3O4/c1-9(2)11(17-14(21)22-5)13(20)16-8-15(6-7-15)18-12(19)10(3)4/h9-11H,6-8H2,1-5H3,(H,16,20)(H,17,21)(H,18,19)/t11-/m0/s1. The van der Waals surface area contributed by atoms with E-state index in [9.17, 15) is 14.4 Å². The van der Waals surface area contributed by atoms with Crippen LogP contribution >= 0.6 is 0 Å². The van der Waals surface area contributed by atoms with Crippen LogP contribution in [0.1, 0.15) is 40.5 Å². The van der Waals surface area contributed by atoms with E-state index in [1.54, 1.807) is 0 Å². The van der Waals surface area contributed by atoms with Gasteiger partial charge in [0.25, 0.3) is 0 Å². The quantitative estimate of drug-likeness (QED) is 0.647. The van der Waals surface area contributed by atoms with Gasteiger partial charge in [-0.15, -0.1) is 0 Å². The minimum absolute atomic E-state index is 0.0140. The number of hydrogen-bond donors (Lipinski definition) is 3. The zero-order valence-corrected chi connectivity index (χ0v) is 14.0. The van der Waals surface area contributed by atoms with Gasteiger partial charge in [0, 0.05) is 12.5 Å². The lowest BCUT2D eigenvalue weighted by molar-refractivity contribution is -0.126. The highest BCUT2D eigenvalue weighted by molar-refractivity contribution is 5.86. The first-order valence-corrected chi connectivity index (χ1v) is 7.65. The highest BCUT2D eigenvalue weighted by atomic mass is 16.5. The number of carbonyl (C=O) groups is 3. The predicted molar refractivity (Wildman–Crippen MR) is 82.1 cm³/mol. The fourth-order valence-corrected chi connectivity index (χ4v) is 1.99. The van der Waals surface area contributed by atoms with E-state index in [0.29, 0.717) is 6.54 Å². The van der Waals surface area contributed by atoms with E-state index < -0.39 is 12.1 Å². The van der Waals surface area contributed by atoms with Crippen LogP contribution in [0.15, 0.2) is 0 Å². The first-order chi connectivity index (χ1) is 10.2. The largest absolute Gasteiger partial charge is 0.453 e. The Balaban J connectivity index is 2.53. The highest BCUT2D eigenvalue weighted by Crippen LogP contribution is 2.34. The molecule has 1 rings (SSSR count). The minimum atomic E-state index is -0.663. The molecule has 7 nitrogen and oxygen atoms in total. The smallest absolute Gasteiger partial charge is 0.407 e. The average Bonchev–Trinajstić information content (AvgIpc) is 3.21. The van der Waals surface area contributed by atoms with Gasteiger partial charge in [0.2, 0.25) is 11.8 Å². The summed E-state index contributed by atoms with van der Waals surface area (Å²) < 4.78 is 4.53. The summed E-state index contributed by atoms with van der Waals surface area (Å²) in [6.07, 6.45) is 1.06. The molecular formula is C15H27N3O4. The van der Waals surface area contributed by atoms with E-state index in [1.807, 2.05) is 27.7 Å². The molecule has 7 heteroatoms. The van der Waals surface area contributed by atoms with Crippen molar-refractivity contribution in [3.05, 3.63) is 0 Å². The van der Waals surface area contributed by atoms with Gasteiger partial charge in [0.1, 0.15) is 6.04 Å². The summed E-state index contributed by atoms with van der Waals surface area (Å²) in [6.45, 7) is 7.72. The first-order valence-electron chi connectivity index (χ1n) is 7.65. The molecular weight excluding hydrogens is 286 g/mol. The van der Waals surface area contributed by atoms with Gasteiger partial charge in [0.05, 0.1) is 12.6 Å². The predicted octanol–water partition coefficient (Wildman–Crippen LogP) is 0.788. The zero-order chi connectivity index (χ0) is 16.9. The Morgan fingerprint density at radius 2 is 1.68 bits per heavy atom. The highest BCUT2D eigenvalue weighted by Gasteiger charge is 2.44. The van der Waals surface area contributed by atoms with Gasteiger partial charge in [-0.05, 0) is 18.8 Å². The summed E-state index contributed by atoms with van der Waals surface area (Å²) in [5.74, 6) is -0.442. The van der Waals surface area contributed by atoms with Crippen molar-refractivity contribution in [1.82, 2.24) is 16.0 Å². The number of alkyl carbamates (subject to hydrolysis) is 1. The van der Waals surface area contributed by atoms with Gasteiger partial charge in [-0.3, -0.25) is 9.59 Å². The van der Waals surface area contributed by atoms with Crippen LogP contribution in [0.4, 0.5) is 4.79 Å². The van der Waals surface area contributed by atoms with Crippen molar-refractivity contribution in [3.8, 4) is 0 Å². The molecule has 1 aliphatic rings. The van der Waals surface area contributed by atoms with Gasteiger partial charge in [-0.2, -0.15) is 0 Å². The van der Waals surface area contributed by atoms with E-state index in [1.165, 1.54) is 7.11 Å². The molecule has 1 aliphatic carbocycles. The van der Waals surface area contributed by atoms with Crippen LogP contribution in [-0.4, -0.2) is 43.1 Å². The summed E-state index contributed by atoms with van der Waals surface area (Å²) in [5.41, 5.74) is -0.330. The van der Waals surface area contributed by atoms with E-state index >= 15 is 0 Å². The molecule has 3 N–H and O–H groups in total. The van der Waals surface area contributed by atoms with Crippen molar-refractivity contribution >= 4 is 17.9 Å². The fourth-order valence-electron chi connectivity index (χ4n) is 1.99. The van der Waals surface area contributed by atoms with Crippen molar-refractivity contribution in [2.24, 2.45) is 11.8 Å². The molecule has 0 unspecified atom stereocenters. The van der Waals surface area contributed by atoms with Gasteiger partial charge in [-0.25, -0.2) is 4.79 Å². The maximum Gasteiger partial charge on any atom is 0.407 e. The monoisotopic (exact) mass is 313 g/mol. The Bertz CT molecular complexity index is 431. The van der Waals surface area contributed by atoms with Crippen LogP contribution in [0, 0.1) is 11.8 Å². The number of nitrogens with one attached hydrogen (secondary N) is 3. The van der Waals surface area contributed by atoms with E-state index in [4.69, 9.17) is 0 Å². The lowest BCUT2D eigenvalue weighted by atomic mass is 10.0. The average molecular weight is 313 g/mol. The Morgan fingerprint density at radius 3 is 2.09 bits per heavy atom. The van der Waals surface area contributed by atoms with E-state index in [2.05, 4.69) is 20.7 Å². The van der Waals surface area contributed by atoms with Crippen LogP contribution in [0.3, 0.4) is 0 Å². The second-order valence-corrected chi connectivity index (χ2v) is 6.50. The molecule has 3 amide bonds. The van der Waals surface area contributed by atoms with Gasteiger partial charge in [-0.1, -0.05) is 27.7 Å². The molecule has 0 saturated heterocycles. The molecule has 22 heavy (non-hydrogen) atoms. The Kier molecular flexibility index (Phi) is 6.20.